The van der Waals surface area contributed by atoms with E-state index >= 15 is 8.78 Å². The summed E-state index contributed by atoms with van der Waals surface area (Å²) in [6.07, 6.45) is 5.52. The van der Waals surface area contributed by atoms with Gasteiger partial charge in [-0.25, -0.2) is 13.2 Å². The number of benzene rings is 3. The molecular weight excluding hydrogens is 582 g/mol. The quantitative estimate of drug-likeness (QED) is 0.212. The monoisotopic (exact) mass is 618 g/mol. The summed E-state index contributed by atoms with van der Waals surface area (Å²) < 4.78 is 104. The number of ether oxygens (including phenoxy) is 3. The summed E-state index contributed by atoms with van der Waals surface area (Å²) in [4.78, 5) is 0. The minimum atomic E-state index is -1.06. The van der Waals surface area contributed by atoms with Crippen LogP contribution in [0.5, 0.6) is 17.2 Å². The van der Waals surface area contributed by atoms with Gasteiger partial charge in [0.05, 0.1) is 19.8 Å². The van der Waals surface area contributed by atoms with Gasteiger partial charge in [0.15, 0.2) is 34.7 Å². The number of hydrogen-bond acceptors (Lipinski definition) is 3. The first-order valence-corrected chi connectivity index (χ1v) is 15.2. The van der Waals surface area contributed by atoms with E-state index in [4.69, 9.17) is 14.2 Å². The van der Waals surface area contributed by atoms with E-state index in [1.165, 1.54) is 30.3 Å². The third-order valence-corrected chi connectivity index (χ3v) is 8.76. The van der Waals surface area contributed by atoms with Crippen LogP contribution in [-0.4, -0.2) is 19.8 Å². The molecule has 1 atom stereocenters. The van der Waals surface area contributed by atoms with E-state index in [-0.39, 0.29) is 65.9 Å². The molecule has 2 aliphatic rings. The van der Waals surface area contributed by atoms with Crippen molar-refractivity contribution in [2.45, 2.75) is 70.6 Å². The molecule has 44 heavy (non-hydrogen) atoms. The van der Waals surface area contributed by atoms with Crippen molar-refractivity contribution in [2.75, 3.05) is 19.8 Å². The van der Waals surface area contributed by atoms with Gasteiger partial charge in [0, 0.05) is 5.56 Å². The van der Waals surface area contributed by atoms with Gasteiger partial charge >= 0.3 is 0 Å². The second-order valence-corrected chi connectivity index (χ2v) is 11.4. The highest BCUT2D eigenvalue weighted by Gasteiger charge is 2.29. The predicted molar refractivity (Wildman–Crippen MR) is 156 cm³/mol. The maximum atomic E-state index is 15.2. The van der Waals surface area contributed by atoms with Crippen LogP contribution in [0.2, 0.25) is 0 Å². The van der Waals surface area contributed by atoms with Crippen LogP contribution in [-0.2, 0) is 0 Å². The Kier molecular flexibility index (Phi) is 10.1. The molecule has 0 spiro atoms. The lowest BCUT2D eigenvalue weighted by molar-refractivity contribution is 0.191. The summed E-state index contributed by atoms with van der Waals surface area (Å²) in [5.74, 6) is -6.72. The maximum absolute atomic E-state index is 15.2. The molecule has 3 aromatic carbocycles. The Bertz CT molecular complexity index is 1510. The van der Waals surface area contributed by atoms with E-state index in [1.54, 1.807) is 26.0 Å². The fourth-order valence-corrected chi connectivity index (χ4v) is 6.36. The van der Waals surface area contributed by atoms with Crippen molar-refractivity contribution in [1.82, 2.24) is 0 Å². The second-order valence-electron chi connectivity index (χ2n) is 11.4. The largest absolute Gasteiger partial charge is 0.491 e. The van der Waals surface area contributed by atoms with Crippen molar-refractivity contribution in [3.8, 4) is 17.2 Å². The van der Waals surface area contributed by atoms with Crippen LogP contribution < -0.4 is 14.2 Å². The first-order chi connectivity index (χ1) is 21.2. The molecule has 236 valence electrons. The third kappa shape index (κ3) is 6.57. The molecule has 0 aliphatic heterocycles. The summed E-state index contributed by atoms with van der Waals surface area (Å²) >= 11 is 0. The van der Waals surface area contributed by atoms with E-state index < -0.39 is 34.9 Å². The molecular formula is C35H36F6O3. The topological polar surface area (TPSA) is 27.7 Å². The molecule has 0 aromatic heterocycles. The van der Waals surface area contributed by atoms with Gasteiger partial charge in [-0.15, -0.1) is 0 Å². The van der Waals surface area contributed by atoms with E-state index in [9.17, 15) is 17.6 Å². The minimum absolute atomic E-state index is 0.0683. The van der Waals surface area contributed by atoms with E-state index in [0.29, 0.717) is 56.1 Å². The second kappa shape index (κ2) is 14.0. The van der Waals surface area contributed by atoms with Gasteiger partial charge in [0.25, 0.3) is 0 Å². The van der Waals surface area contributed by atoms with E-state index in [2.05, 4.69) is 0 Å². The Morgan fingerprint density at radius 1 is 0.568 bits per heavy atom. The summed E-state index contributed by atoms with van der Waals surface area (Å²) in [7, 11) is 0. The van der Waals surface area contributed by atoms with Gasteiger partial charge in [-0.3, -0.25) is 0 Å². The number of halogens is 6. The first kappa shape index (κ1) is 31.8. The van der Waals surface area contributed by atoms with Crippen molar-refractivity contribution in [3.05, 3.63) is 94.1 Å². The van der Waals surface area contributed by atoms with Gasteiger partial charge in [-0.05, 0) is 118 Å². The molecule has 1 saturated carbocycles. The van der Waals surface area contributed by atoms with E-state index in [1.807, 2.05) is 0 Å². The molecule has 0 amide bonds. The highest BCUT2D eigenvalue weighted by Crippen LogP contribution is 2.41. The normalized spacial score (nSPS) is 20.3. The summed E-state index contributed by atoms with van der Waals surface area (Å²) in [5, 5.41) is 0. The molecule has 5 rings (SSSR count). The SMILES string of the molecule is CCOc1ccc(C2=CCC(c3ccc(OCC4CCC(c5ccc(OCC)c(F)c5F)CC4)c(F)c3F)CC2)c(F)c1F. The van der Waals surface area contributed by atoms with Gasteiger partial charge in [-0.2, -0.15) is 13.2 Å². The van der Waals surface area contributed by atoms with Crippen molar-refractivity contribution in [2.24, 2.45) is 5.92 Å². The van der Waals surface area contributed by atoms with Crippen molar-refractivity contribution >= 4 is 5.57 Å². The van der Waals surface area contributed by atoms with Crippen LogP contribution in [0.1, 0.15) is 87.3 Å². The molecule has 1 fully saturated rings. The zero-order chi connectivity index (χ0) is 31.4. The average Bonchev–Trinajstić information content (AvgIpc) is 3.03. The van der Waals surface area contributed by atoms with Gasteiger partial charge in [0.2, 0.25) is 17.5 Å². The lowest BCUT2D eigenvalue weighted by Crippen LogP contribution is -2.20. The lowest BCUT2D eigenvalue weighted by Gasteiger charge is -2.29. The van der Waals surface area contributed by atoms with E-state index in [0.717, 1.165) is 0 Å². The first-order valence-electron chi connectivity index (χ1n) is 15.2. The Hall–Kier alpha value is -3.62. The Morgan fingerprint density at radius 2 is 1.09 bits per heavy atom. The Labute approximate surface area is 253 Å². The van der Waals surface area contributed by atoms with Crippen LogP contribution in [0, 0.1) is 40.8 Å². The molecule has 0 saturated heterocycles. The van der Waals surface area contributed by atoms with Crippen molar-refractivity contribution < 1.29 is 40.6 Å². The fourth-order valence-electron chi connectivity index (χ4n) is 6.36. The van der Waals surface area contributed by atoms with Gasteiger partial charge in [0.1, 0.15) is 0 Å². The average molecular weight is 619 g/mol. The zero-order valence-electron chi connectivity index (χ0n) is 24.8. The summed E-state index contributed by atoms with van der Waals surface area (Å²) in [6.45, 7) is 4.02. The molecule has 3 nitrogen and oxygen atoms in total. The maximum Gasteiger partial charge on any atom is 0.201 e. The van der Waals surface area contributed by atoms with Gasteiger partial charge in [-0.1, -0.05) is 18.2 Å². The lowest BCUT2D eigenvalue weighted by atomic mass is 9.79. The molecule has 0 radical (unpaired) electrons. The van der Waals surface area contributed by atoms with Crippen LogP contribution in [0.4, 0.5) is 26.3 Å². The molecule has 1 unspecified atom stereocenters. The highest BCUT2D eigenvalue weighted by molar-refractivity contribution is 5.68. The molecule has 2 aliphatic carbocycles. The number of hydrogen-bond donors (Lipinski definition) is 0. The Morgan fingerprint density at radius 3 is 1.64 bits per heavy atom. The summed E-state index contributed by atoms with van der Waals surface area (Å²) in [5.41, 5.74) is 1.31. The summed E-state index contributed by atoms with van der Waals surface area (Å²) in [6, 6.07) is 8.86. The molecule has 9 heteroatoms. The molecule has 0 N–H and O–H groups in total. The highest BCUT2D eigenvalue weighted by atomic mass is 19.2. The van der Waals surface area contributed by atoms with Crippen LogP contribution in [0.3, 0.4) is 0 Å². The Balaban J connectivity index is 1.17. The smallest absolute Gasteiger partial charge is 0.201 e. The molecule has 3 aromatic rings. The van der Waals surface area contributed by atoms with Crippen LogP contribution in [0.25, 0.3) is 5.57 Å². The van der Waals surface area contributed by atoms with Crippen LogP contribution >= 0.6 is 0 Å². The standard InChI is InChI=1S/C35H36F6O3/c1-3-42-27-16-13-24(30(36)33(27)39)21-7-5-20(6-8-21)19-44-29-18-15-26(32(38)35(29)41)23-11-9-22(10-12-23)25-14-17-28(43-4-2)34(40)31(25)37/h9,13-18,20-21,23H,3-8,10-12,19H2,1-2H3. The number of rotatable bonds is 10. The minimum Gasteiger partial charge on any atom is -0.491 e. The van der Waals surface area contributed by atoms with Crippen molar-refractivity contribution in [1.29, 1.82) is 0 Å². The fraction of sp³-hybridized carbons (Fsp3) is 0.429. The predicted octanol–water partition coefficient (Wildman–Crippen LogP) is 10.0. The zero-order valence-corrected chi connectivity index (χ0v) is 24.8. The number of allylic oxidation sites excluding steroid dienone is 2. The third-order valence-electron chi connectivity index (χ3n) is 8.76. The molecule has 0 heterocycles. The van der Waals surface area contributed by atoms with Crippen LogP contribution in [0.15, 0.2) is 42.5 Å². The molecule has 0 bridgehead atoms. The van der Waals surface area contributed by atoms with Gasteiger partial charge < -0.3 is 14.2 Å². The van der Waals surface area contributed by atoms with Crippen molar-refractivity contribution in [3.63, 3.8) is 0 Å².